The number of aliphatic hydroxyl groups is 1. The van der Waals surface area contributed by atoms with Gasteiger partial charge in [0.2, 0.25) is 0 Å². The van der Waals surface area contributed by atoms with E-state index in [4.69, 9.17) is 0 Å². The Hall–Kier alpha value is -1.23. The van der Waals surface area contributed by atoms with Gasteiger partial charge in [0, 0.05) is 11.7 Å². The molecule has 1 aromatic carbocycles. The first-order valence-corrected chi connectivity index (χ1v) is 6.07. The van der Waals surface area contributed by atoms with E-state index < -0.39 is 11.7 Å². The van der Waals surface area contributed by atoms with Crippen LogP contribution in [0.4, 0.5) is 18.9 Å². The van der Waals surface area contributed by atoms with Crippen molar-refractivity contribution in [3.05, 3.63) is 29.8 Å². The summed E-state index contributed by atoms with van der Waals surface area (Å²) in [5.74, 6) is 0. The van der Waals surface area contributed by atoms with Gasteiger partial charge in [-0.3, -0.25) is 0 Å². The molecule has 0 aromatic heterocycles. The molecule has 1 aliphatic rings. The maximum atomic E-state index is 12.8. The van der Waals surface area contributed by atoms with Crippen LogP contribution in [0.5, 0.6) is 0 Å². The third-order valence-corrected chi connectivity index (χ3v) is 3.29. The zero-order valence-electron chi connectivity index (χ0n) is 9.87. The van der Waals surface area contributed by atoms with Crippen molar-refractivity contribution in [1.29, 1.82) is 0 Å². The molecule has 0 saturated heterocycles. The summed E-state index contributed by atoms with van der Waals surface area (Å²) in [6.45, 7) is 0. The largest absolute Gasteiger partial charge is 0.418 e. The van der Waals surface area contributed by atoms with E-state index in [1.54, 1.807) is 6.07 Å². The van der Waals surface area contributed by atoms with E-state index in [9.17, 15) is 18.3 Å². The molecule has 0 bridgehead atoms. The van der Waals surface area contributed by atoms with Gasteiger partial charge in [0.25, 0.3) is 0 Å². The number of anilines is 1. The summed E-state index contributed by atoms with van der Waals surface area (Å²) in [6.07, 6.45) is -1.95. The Kier molecular flexibility index (Phi) is 3.80. The highest BCUT2D eigenvalue weighted by molar-refractivity contribution is 5.53. The highest BCUT2D eigenvalue weighted by Gasteiger charge is 2.33. The summed E-state index contributed by atoms with van der Waals surface area (Å²) < 4.78 is 38.4. The van der Waals surface area contributed by atoms with Crippen molar-refractivity contribution in [2.75, 3.05) is 5.32 Å². The molecular weight excluding hydrogens is 243 g/mol. The molecule has 1 fully saturated rings. The second-order valence-electron chi connectivity index (χ2n) is 4.69. The van der Waals surface area contributed by atoms with Gasteiger partial charge in [-0.2, -0.15) is 13.2 Å². The van der Waals surface area contributed by atoms with Crippen LogP contribution in [0.25, 0.3) is 0 Å². The third kappa shape index (κ3) is 3.16. The van der Waals surface area contributed by atoms with Crippen LogP contribution in [0, 0.1) is 0 Å². The van der Waals surface area contributed by atoms with E-state index in [0.717, 1.165) is 6.07 Å². The Morgan fingerprint density at radius 2 is 1.67 bits per heavy atom. The SMILES string of the molecule is OC1CCC(Nc2ccccc2C(F)(F)F)CC1. The predicted molar refractivity (Wildman–Crippen MR) is 63.3 cm³/mol. The van der Waals surface area contributed by atoms with Crippen LogP contribution in [-0.2, 0) is 6.18 Å². The van der Waals surface area contributed by atoms with Crippen molar-refractivity contribution in [2.45, 2.75) is 44.0 Å². The maximum absolute atomic E-state index is 12.8. The molecule has 2 rings (SSSR count). The summed E-state index contributed by atoms with van der Waals surface area (Å²) in [4.78, 5) is 0. The molecule has 0 aliphatic heterocycles. The number of para-hydroxylation sites is 1. The van der Waals surface area contributed by atoms with Gasteiger partial charge in [-0.1, -0.05) is 12.1 Å². The molecule has 1 aromatic rings. The van der Waals surface area contributed by atoms with Gasteiger partial charge in [0.15, 0.2) is 0 Å². The smallest absolute Gasteiger partial charge is 0.393 e. The number of rotatable bonds is 2. The minimum Gasteiger partial charge on any atom is -0.393 e. The standard InChI is InChI=1S/C13H16F3NO/c14-13(15,16)11-3-1-2-4-12(11)17-9-5-7-10(18)8-6-9/h1-4,9-10,17-18H,5-8H2. The lowest BCUT2D eigenvalue weighted by Gasteiger charge is -2.28. The fourth-order valence-corrected chi connectivity index (χ4v) is 2.30. The summed E-state index contributed by atoms with van der Waals surface area (Å²) >= 11 is 0. The molecule has 1 saturated carbocycles. The number of aliphatic hydroxyl groups excluding tert-OH is 1. The first kappa shape index (κ1) is 13.2. The van der Waals surface area contributed by atoms with Gasteiger partial charge in [-0.15, -0.1) is 0 Å². The number of hydrogen-bond acceptors (Lipinski definition) is 2. The van der Waals surface area contributed by atoms with Crippen molar-refractivity contribution in [3.8, 4) is 0 Å². The molecule has 18 heavy (non-hydrogen) atoms. The molecule has 5 heteroatoms. The average molecular weight is 259 g/mol. The second kappa shape index (κ2) is 5.18. The molecule has 2 nitrogen and oxygen atoms in total. The van der Waals surface area contributed by atoms with Crippen molar-refractivity contribution in [3.63, 3.8) is 0 Å². The maximum Gasteiger partial charge on any atom is 0.418 e. The highest BCUT2D eigenvalue weighted by atomic mass is 19.4. The van der Waals surface area contributed by atoms with Crippen molar-refractivity contribution in [2.24, 2.45) is 0 Å². The number of nitrogens with one attached hydrogen (secondary N) is 1. The highest BCUT2D eigenvalue weighted by Crippen LogP contribution is 2.35. The summed E-state index contributed by atoms with van der Waals surface area (Å²) in [5.41, 5.74) is -0.498. The Morgan fingerprint density at radius 3 is 2.28 bits per heavy atom. The fraction of sp³-hybridized carbons (Fsp3) is 0.538. The van der Waals surface area contributed by atoms with Gasteiger partial charge in [0.05, 0.1) is 11.7 Å². The molecular formula is C13H16F3NO. The molecule has 0 heterocycles. The lowest BCUT2D eigenvalue weighted by Crippen LogP contribution is -2.29. The Labute approximate surface area is 104 Å². The van der Waals surface area contributed by atoms with Crippen molar-refractivity contribution < 1.29 is 18.3 Å². The first-order chi connectivity index (χ1) is 8.47. The minimum absolute atomic E-state index is 0.0110. The van der Waals surface area contributed by atoms with E-state index >= 15 is 0 Å². The monoisotopic (exact) mass is 259 g/mol. The van der Waals surface area contributed by atoms with Crippen LogP contribution in [0.3, 0.4) is 0 Å². The Morgan fingerprint density at radius 1 is 1.06 bits per heavy atom. The van der Waals surface area contributed by atoms with Crippen LogP contribution >= 0.6 is 0 Å². The number of hydrogen-bond donors (Lipinski definition) is 2. The molecule has 0 unspecified atom stereocenters. The third-order valence-electron chi connectivity index (χ3n) is 3.29. The van der Waals surface area contributed by atoms with Crippen molar-refractivity contribution in [1.82, 2.24) is 0 Å². The first-order valence-electron chi connectivity index (χ1n) is 6.07. The van der Waals surface area contributed by atoms with Gasteiger partial charge in [-0.25, -0.2) is 0 Å². The zero-order valence-corrected chi connectivity index (χ0v) is 9.87. The lowest BCUT2D eigenvalue weighted by molar-refractivity contribution is -0.137. The second-order valence-corrected chi connectivity index (χ2v) is 4.69. The van der Waals surface area contributed by atoms with Crippen LogP contribution in [0.2, 0.25) is 0 Å². The predicted octanol–water partition coefficient (Wildman–Crippen LogP) is 3.42. The van der Waals surface area contributed by atoms with E-state index in [2.05, 4.69) is 5.32 Å². The Balaban J connectivity index is 2.10. The quantitative estimate of drug-likeness (QED) is 0.853. The summed E-state index contributed by atoms with van der Waals surface area (Å²) in [5, 5.41) is 12.3. The number of alkyl halides is 3. The summed E-state index contributed by atoms with van der Waals surface area (Å²) in [6, 6.07) is 5.53. The topological polar surface area (TPSA) is 32.3 Å². The molecule has 0 amide bonds. The fourth-order valence-electron chi connectivity index (χ4n) is 2.30. The van der Waals surface area contributed by atoms with E-state index in [1.807, 2.05) is 0 Å². The van der Waals surface area contributed by atoms with Gasteiger partial charge >= 0.3 is 6.18 Å². The lowest BCUT2D eigenvalue weighted by atomic mass is 9.93. The number of benzene rings is 1. The van der Waals surface area contributed by atoms with Crippen LogP contribution in [0.15, 0.2) is 24.3 Å². The van der Waals surface area contributed by atoms with Crippen LogP contribution < -0.4 is 5.32 Å². The van der Waals surface area contributed by atoms with Gasteiger partial charge in [0.1, 0.15) is 0 Å². The molecule has 0 atom stereocenters. The zero-order chi connectivity index (χ0) is 13.2. The molecule has 100 valence electrons. The summed E-state index contributed by atoms with van der Waals surface area (Å²) in [7, 11) is 0. The molecule has 2 N–H and O–H groups in total. The van der Waals surface area contributed by atoms with E-state index in [-0.39, 0.29) is 17.8 Å². The number of halogens is 3. The molecule has 1 aliphatic carbocycles. The Bertz CT molecular complexity index is 397. The molecule has 0 radical (unpaired) electrons. The average Bonchev–Trinajstić information content (AvgIpc) is 2.31. The normalized spacial score (nSPS) is 24.9. The molecule has 0 spiro atoms. The van der Waals surface area contributed by atoms with E-state index in [1.165, 1.54) is 12.1 Å². The van der Waals surface area contributed by atoms with Gasteiger partial charge in [-0.05, 0) is 37.8 Å². The van der Waals surface area contributed by atoms with Crippen molar-refractivity contribution >= 4 is 5.69 Å². The van der Waals surface area contributed by atoms with Crippen LogP contribution in [-0.4, -0.2) is 17.3 Å². The van der Waals surface area contributed by atoms with Gasteiger partial charge < -0.3 is 10.4 Å². The van der Waals surface area contributed by atoms with Crippen LogP contribution in [0.1, 0.15) is 31.2 Å². The minimum atomic E-state index is -4.34. The van der Waals surface area contributed by atoms with E-state index in [0.29, 0.717) is 25.7 Å².